The van der Waals surface area contributed by atoms with Crippen molar-refractivity contribution in [1.29, 1.82) is 0 Å². The Balaban J connectivity index is 2.89. The molecule has 2 rings (SSSR count). The first-order chi connectivity index (χ1) is 6.63. The van der Waals surface area contributed by atoms with Crippen LogP contribution in [0.25, 0.3) is 0 Å². The van der Waals surface area contributed by atoms with Crippen molar-refractivity contribution in [3.63, 3.8) is 0 Å². The normalized spacial score (nSPS) is 13.5. The first kappa shape index (κ1) is 9.62. The molecule has 0 radical (unpaired) electrons. The Morgan fingerprint density at radius 1 is 1.29 bits per heavy atom. The highest BCUT2D eigenvalue weighted by atomic mass is 35.5. The van der Waals surface area contributed by atoms with E-state index in [-0.39, 0.29) is 0 Å². The van der Waals surface area contributed by atoms with Crippen LogP contribution < -0.4 is 10.7 Å². The molecule has 0 spiro atoms. The van der Waals surface area contributed by atoms with E-state index in [9.17, 15) is 4.79 Å². The lowest BCUT2D eigenvalue weighted by Gasteiger charge is -2.01. The molecule has 0 atom stereocenters. The van der Waals surface area contributed by atoms with Gasteiger partial charge in [-0.1, -0.05) is 30.1 Å². The Hall–Kier alpha value is -0.930. The molecular weight excluding hydrogens is 223 g/mol. The Bertz CT molecular complexity index is 537. The van der Waals surface area contributed by atoms with E-state index in [1.165, 1.54) is 0 Å². The van der Waals surface area contributed by atoms with Gasteiger partial charge in [-0.3, -0.25) is 0 Å². The van der Waals surface area contributed by atoms with Crippen molar-refractivity contribution in [2.75, 3.05) is 0 Å². The number of urea groups is 1. The fourth-order valence-electron chi connectivity index (χ4n) is 1.33. The zero-order chi connectivity index (χ0) is 10.3. The Labute approximate surface area is 90.1 Å². The van der Waals surface area contributed by atoms with E-state index in [1.807, 2.05) is 6.92 Å². The molecule has 1 aromatic rings. The monoisotopic (exact) mass is 228 g/mol. The third-order valence-electron chi connectivity index (χ3n) is 2.04. The highest BCUT2D eigenvalue weighted by Crippen LogP contribution is 2.21. The fourth-order valence-corrected chi connectivity index (χ4v) is 1.86. The van der Waals surface area contributed by atoms with Crippen molar-refractivity contribution in [2.45, 2.75) is 13.3 Å². The van der Waals surface area contributed by atoms with E-state index in [4.69, 9.17) is 23.2 Å². The second kappa shape index (κ2) is 3.33. The van der Waals surface area contributed by atoms with E-state index in [2.05, 4.69) is 9.98 Å². The predicted octanol–water partition coefficient (Wildman–Crippen LogP) is 1.93. The molecule has 14 heavy (non-hydrogen) atoms. The maximum atomic E-state index is 10.9. The summed E-state index contributed by atoms with van der Waals surface area (Å²) in [7, 11) is 0. The van der Waals surface area contributed by atoms with E-state index in [0.717, 1.165) is 12.0 Å². The lowest BCUT2D eigenvalue weighted by atomic mass is 10.1. The average Bonchev–Trinajstić information content (AvgIpc) is 2.52. The van der Waals surface area contributed by atoms with Crippen LogP contribution in [0.3, 0.4) is 0 Å². The van der Waals surface area contributed by atoms with Gasteiger partial charge < -0.3 is 0 Å². The summed E-state index contributed by atoms with van der Waals surface area (Å²) in [6, 6.07) is 1.23. The number of nitrogens with zero attached hydrogens (tertiary/aromatic N) is 2. The van der Waals surface area contributed by atoms with Crippen LogP contribution in [-0.2, 0) is 6.42 Å². The van der Waals surface area contributed by atoms with E-state index >= 15 is 0 Å². The summed E-state index contributed by atoms with van der Waals surface area (Å²) in [5, 5.41) is 1.68. The number of benzene rings is 1. The minimum atomic E-state index is -0.522. The molecule has 2 amide bonds. The molecule has 3 nitrogen and oxygen atoms in total. The molecule has 0 aromatic heterocycles. The first-order valence-electron chi connectivity index (χ1n) is 4.11. The summed E-state index contributed by atoms with van der Waals surface area (Å²) in [5.74, 6) is 0. The highest BCUT2D eigenvalue weighted by Gasteiger charge is 2.13. The molecule has 1 aliphatic heterocycles. The summed E-state index contributed by atoms with van der Waals surface area (Å²) < 4.78 is 0. The topological polar surface area (TPSA) is 41.8 Å². The van der Waals surface area contributed by atoms with Crippen LogP contribution >= 0.6 is 23.2 Å². The van der Waals surface area contributed by atoms with Crippen molar-refractivity contribution in [3.8, 4) is 0 Å². The molecule has 0 aliphatic carbocycles. The molecule has 0 fully saturated rings. The number of aryl methyl sites for hydroxylation is 1. The van der Waals surface area contributed by atoms with Crippen LogP contribution in [0, 0.1) is 0 Å². The smallest absolute Gasteiger partial charge is 0.244 e. The van der Waals surface area contributed by atoms with Crippen molar-refractivity contribution in [2.24, 2.45) is 9.98 Å². The maximum absolute atomic E-state index is 10.9. The summed E-state index contributed by atoms with van der Waals surface area (Å²) in [6.07, 6.45) is 0.746. The third kappa shape index (κ3) is 1.33. The molecule has 1 heterocycles. The van der Waals surface area contributed by atoms with Crippen LogP contribution in [-0.4, -0.2) is 6.03 Å². The van der Waals surface area contributed by atoms with Gasteiger partial charge in [0.1, 0.15) is 5.36 Å². The number of halogens is 2. The van der Waals surface area contributed by atoms with Gasteiger partial charge in [0.15, 0.2) is 0 Å². The maximum Gasteiger partial charge on any atom is 0.368 e. The van der Waals surface area contributed by atoms with Gasteiger partial charge in [-0.15, -0.1) is 0 Å². The number of fused-ring (bicyclic) bond motifs is 1. The average molecular weight is 229 g/mol. The van der Waals surface area contributed by atoms with Crippen LogP contribution in [0.4, 0.5) is 4.79 Å². The second-order valence-electron chi connectivity index (χ2n) is 2.89. The fraction of sp³-hybridized carbons (Fsp3) is 0.222. The van der Waals surface area contributed by atoms with Crippen LogP contribution in [0.2, 0.25) is 10.0 Å². The number of hydrogen-bond acceptors (Lipinski definition) is 1. The molecule has 0 bridgehead atoms. The molecule has 5 heteroatoms. The van der Waals surface area contributed by atoms with Crippen molar-refractivity contribution >= 4 is 29.2 Å². The molecule has 0 unspecified atom stereocenters. The number of amides is 2. The van der Waals surface area contributed by atoms with Crippen LogP contribution in [0.1, 0.15) is 12.5 Å². The van der Waals surface area contributed by atoms with E-state index in [0.29, 0.717) is 20.8 Å². The van der Waals surface area contributed by atoms with Crippen LogP contribution in [0.15, 0.2) is 16.1 Å². The van der Waals surface area contributed by atoms with Gasteiger partial charge in [0.25, 0.3) is 0 Å². The molecule has 0 N–H and O–H groups in total. The molecular formula is C9H6Cl2N2O. The largest absolute Gasteiger partial charge is 0.368 e. The zero-order valence-electron chi connectivity index (χ0n) is 7.34. The SMILES string of the molecule is CCc1cc2c(c(Cl)c1Cl)=NC(=O)N=2. The quantitative estimate of drug-likeness (QED) is 0.725. The zero-order valence-corrected chi connectivity index (χ0v) is 8.85. The molecule has 72 valence electrons. The van der Waals surface area contributed by atoms with Gasteiger partial charge >= 0.3 is 6.03 Å². The van der Waals surface area contributed by atoms with Crippen molar-refractivity contribution < 1.29 is 4.79 Å². The highest BCUT2D eigenvalue weighted by molar-refractivity contribution is 6.42. The Morgan fingerprint density at radius 2 is 2.00 bits per heavy atom. The number of carbonyl (C=O) groups is 1. The Morgan fingerprint density at radius 3 is 2.64 bits per heavy atom. The van der Waals surface area contributed by atoms with Gasteiger partial charge in [0.05, 0.1) is 15.4 Å². The van der Waals surface area contributed by atoms with Crippen LogP contribution in [0.5, 0.6) is 0 Å². The minimum absolute atomic E-state index is 0.315. The number of rotatable bonds is 1. The molecule has 0 saturated carbocycles. The molecule has 0 saturated heterocycles. The lowest BCUT2D eigenvalue weighted by Crippen LogP contribution is -2.24. The predicted molar refractivity (Wildman–Crippen MR) is 53.5 cm³/mol. The van der Waals surface area contributed by atoms with Gasteiger partial charge in [-0.25, -0.2) is 4.79 Å². The van der Waals surface area contributed by atoms with Gasteiger partial charge in [0.2, 0.25) is 0 Å². The molecule has 1 aliphatic rings. The lowest BCUT2D eigenvalue weighted by molar-refractivity contribution is 0.256. The summed E-state index contributed by atoms with van der Waals surface area (Å²) in [4.78, 5) is 18.3. The summed E-state index contributed by atoms with van der Waals surface area (Å²) >= 11 is 11.9. The summed E-state index contributed by atoms with van der Waals surface area (Å²) in [6.45, 7) is 1.96. The van der Waals surface area contributed by atoms with Gasteiger partial charge in [-0.2, -0.15) is 9.98 Å². The molecule has 1 aromatic carbocycles. The number of carbonyl (C=O) groups excluding carboxylic acids is 1. The first-order valence-corrected chi connectivity index (χ1v) is 4.87. The van der Waals surface area contributed by atoms with Gasteiger partial charge in [-0.05, 0) is 18.1 Å². The van der Waals surface area contributed by atoms with Crippen molar-refractivity contribution in [3.05, 3.63) is 32.4 Å². The third-order valence-corrected chi connectivity index (χ3v) is 2.94. The second-order valence-corrected chi connectivity index (χ2v) is 3.65. The standard InChI is InChI=1S/C9H6Cl2N2O/c1-2-4-3-5-8(7(11)6(4)10)13-9(14)12-5/h3H,2H2,1H3. The minimum Gasteiger partial charge on any atom is -0.244 e. The number of hydrogen-bond donors (Lipinski definition) is 0. The van der Waals surface area contributed by atoms with Crippen molar-refractivity contribution in [1.82, 2.24) is 0 Å². The Kier molecular flexibility index (Phi) is 2.29. The van der Waals surface area contributed by atoms with E-state index in [1.54, 1.807) is 6.07 Å². The van der Waals surface area contributed by atoms with E-state index < -0.39 is 6.03 Å². The van der Waals surface area contributed by atoms with Gasteiger partial charge in [0, 0.05) is 0 Å². The summed E-state index contributed by atoms with van der Waals surface area (Å²) in [5.41, 5.74) is 0.879.